The van der Waals surface area contributed by atoms with Crippen LogP contribution in [0.25, 0.3) is 21.9 Å². The van der Waals surface area contributed by atoms with Crippen molar-refractivity contribution in [3.8, 4) is 0 Å². The topological polar surface area (TPSA) is 129 Å². The van der Waals surface area contributed by atoms with Crippen LogP contribution in [0.4, 0.5) is 5.82 Å². The lowest BCUT2D eigenvalue weighted by Gasteiger charge is -2.09. The molecule has 9 nitrogen and oxygen atoms in total. The van der Waals surface area contributed by atoms with Gasteiger partial charge in [0.15, 0.2) is 5.82 Å². The lowest BCUT2D eigenvalue weighted by atomic mass is 10.2. The zero-order chi connectivity index (χ0) is 20.9. The number of anilines is 1. The maximum Gasteiger partial charge on any atom is 0.276 e. The largest absolute Gasteiger partial charge is 0.382 e. The smallest absolute Gasteiger partial charge is 0.276 e. The second-order valence-corrected chi connectivity index (χ2v) is 8.12. The Balaban J connectivity index is 0.000000345. The second-order valence-electron chi connectivity index (χ2n) is 6.36. The molecule has 0 aliphatic heterocycles. The van der Waals surface area contributed by atoms with Crippen LogP contribution in [0, 0.1) is 0 Å². The van der Waals surface area contributed by atoms with Crippen molar-refractivity contribution in [1.82, 2.24) is 18.8 Å². The summed E-state index contributed by atoms with van der Waals surface area (Å²) in [5.74, 6) is 1.40. The van der Waals surface area contributed by atoms with Crippen LogP contribution in [-0.2, 0) is 28.1 Å². The van der Waals surface area contributed by atoms with Crippen LogP contribution in [-0.4, -0.2) is 48.0 Å². The number of aryl methyl sites for hydroxylation is 1. The molecule has 0 saturated heterocycles. The number of nitrogen functional groups attached to an aromatic ring is 1. The van der Waals surface area contributed by atoms with Gasteiger partial charge in [-0.2, -0.15) is 12.7 Å². The summed E-state index contributed by atoms with van der Waals surface area (Å²) in [4.78, 5) is 9.13. The monoisotopic (exact) mass is 408 g/mol. The molecule has 10 heteroatoms. The van der Waals surface area contributed by atoms with Gasteiger partial charge in [0, 0.05) is 32.6 Å². The Kier molecular flexibility index (Phi) is 7.30. The minimum absolute atomic E-state index is 0.483. The van der Waals surface area contributed by atoms with Gasteiger partial charge < -0.3 is 15.0 Å². The van der Waals surface area contributed by atoms with Crippen molar-refractivity contribution in [1.29, 1.82) is 0 Å². The first kappa shape index (κ1) is 22.0. The fourth-order valence-corrected chi connectivity index (χ4v) is 2.67. The second kappa shape index (κ2) is 9.28. The molecule has 4 N–H and O–H groups in total. The molecule has 0 amide bonds. The minimum atomic E-state index is -3.41. The number of fused-ring (bicyclic) bond motifs is 3. The van der Waals surface area contributed by atoms with E-state index in [1.807, 2.05) is 25.1 Å². The molecule has 0 radical (unpaired) electrons. The average Bonchev–Trinajstić information content (AvgIpc) is 2.99. The third kappa shape index (κ3) is 4.96. The number of ether oxygens (including phenoxy) is 1. The van der Waals surface area contributed by atoms with E-state index in [1.54, 1.807) is 0 Å². The Morgan fingerprint density at radius 1 is 1.18 bits per heavy atom. The first-order valence-electron chi connectivity index (χ1n) is 9.02. The quantitative estimate of drug-likeness (QED) is 0.640. The average molecular weight is 409 g/mol. The van der Waals surface area contributed by atoms with Gasteiger partial charge in [-0.15, -0.1) is 0 Å². The van der Waals surface area contributed by atoms with Crippen molar-refractivity contribution in [3.05, 3.63) is 30.1 Å². The zero-order valence-electron chi connectivity index (χ0n) is 16.7. The van der Waals surface area contributed by atoms with Gasteiger partial charge in [-0.3, -0.25) is 0 Å². The Labute approximate surface area is 165 Å². The van der Waals surface area contributed by atoms with Gasteiger partial charge in [-0.1, -0.05) is 25.1 Å². The van der Waals surface area contributed by atoms with Crippen molar-refractivity contribution < 1.29 is 13.2 Å². The number of pyridine rings is 1. The van der Waals surface area contributed by atoms with E-state index in [1.165, 1.54) is 14.1 Å². The van der Waals surface area contributed by atoms with E-state index >= 15 is 0 Å². The maximum atomic E-state index is 10.0. The standard InChI is InChI=1S/C16H20N4O.C2H8N2O2S/c1-3-9-20-13(10-21-4-2)19-14-15(20)11-7-5-6-8-12(11)18-16(14)17;1-4(2)7(3,5)6/h5-8H,3-4,9-10H2,1-2H3,(H2,17,18);1-2H3,(H2,3,5,6). The molecule has 0 spiro atoms. The zero-order valence-corrected chi connectivity index (χ0v) is 17.5. The number of benzene rings is 1. The third-order valence-electron chi connectivity index (χ3n) is 4.08. The van der Waals surface area contributed by atoms with E-state index in [0.717, 1.165) is 45.0 Å². The third-order valence-corrected chi connectivity index (χ3v) is 5.10. The molecular formula is C18H28N6O3S. The van der Waals surface area contributed by atoms with Gasteiger partial charge in [0.1, 0.15) is 17.9 Å². The molecular weight excluding hydrogens is 380 g/mol. The number of aromatic nitrogens is 3. The molecule has 0 saturated carbocycles. The van der Waals surface area contributed by atoms with E-state index in [9.17, 15) is 8.42 Å². The highest BCUT2D eigenvalue weighted by Gasteiger charge is 2.16. The molecule has 0 atom stereocenters. The molecule has 2 heterocycles. The van der Waals surface area contributed by atoms with Crippen LogP contribution >= 0.6 is 0 Å². The number of imidazole rings is 1. The van der Waals surface area contributed by atoms with Crippen LogP contribution in [0.3, 0.4) is 0 Å². The molecule has 0 fully saturated rings. The minimum Gasteiger partial charge on any atom is -0.382 e. The molecule has 3 rings (SSSR count). The van der Waals surface area contributed by atoms with Gasteiger partial charge >= 0.3 is 0 Å². The van der Waals surface area contributed by atoms with Crippen LogP contribution in [0.2, 0.25) is 0 Å². The summed E-state index contributed by atoms with van der Waals surface area (Å²) in [6.45, 7) is 6.20. The lowest BCUT2D eigenvalue weighted by Crippen LogP contribution is -2.29. The molecule has 0 bridgehead atoms. The first-order valence-corrected chi connectivity index (χ1v) is 10.5. The highest BCUT2D eigenvalue weighted by molar-refractivity contribution is 7.86. The molecule has 0 aliphatic rings. The lowest BCUT2D eigenvalue weighted by molar-refractivity contribution is 0.126. The Bertz CT molecular complexity index is 1050. The predicted molar refractivity (Wildman–Crippen MR) is 112 cm³/mol. The molecule has 2 aromatic heterocycles. The summed E-state index contributed by atoms with van der Waals surface area (Å²) in [7, 11) is -0.667. The highest BCUT2D eigenvalue weighted by atomic mass is 32.2. The van der Waals surface area contributed by atoms with E-state index in [2.05, 4.69) is 32.7 Å². The summed E-state index contributed by atoms with van der Waals surface area (Å²) in [5, 5.41) is 5.66. The fourth-order valence-electron chi connectivity index (χ4n) is 2.67. The van der Waals surface area contributed by atoms with E-state index < -0.39 is 10.2 Å². The van der Waals surface area contributed by atoms with Gasteiger partial charge in [0.25, 0.3) is 10.2 Å². The molecule has 154 valence electrons. The molecule has 3 aromatic rings. The van der Waals surface area contributed by atoms with Crippen LogP contribution in [0.1, 0.15) is 26.1 Å². The highest BCUT2D eigenvalue weighted by Crippen LogP contribution is 2.29. The molecule has 0 unspecified atom stereocenters. The summed E-state index contributed by atoms with van der Waals surface area (Å²) < 4.78 is 28.8. The van der Waals surface area contributed by atoms with Crippen LogP contribution < -0.4 is 10.9 Å². The summed E-state index contributed by atoms with van der Waals surface area (Å²) in [6, 6.07) is 8.05. The van der Waals surface area contributed by atoms with Gasteiger partial charge in [0.05, 0.1) is 11.0 Å². The van der Waals surface area contributed by atoms with Gasteiger partial charge in [-0.25, -0.2) is 15.1 Å². The maximum absolute atomic E-state index is 10.0. The number of hydrogen-bond acceptors (Lipinski definition) is 6. The normalized spacial score (nSPS) is 11.8. The Hall–Kier alpha value is -2.27. The number of hydrogen-bond donors (Lipinski definition) is 2. The van der Waals surface area contributed by atoms with Gasteiger partial charge in [0.2, 0.25) is 0 Å². The number of para-hydroxylation sites is 1. The van der Waals surface area contributed by atoms with Gasteiger partial charge in [-0.05, 0) is 19.4 Å². The van der Waals surface area contributed by atoms with Crippen molar-refractivity contribution in [2.24, 2.45) is 5.14 Å². The van der Waals surface area contributed by atoms with E-state index in [4.69, 9.17) is 10.5 Å². The Morgan fingerprint density at radius 2 is 1.82 bits per heavy atom. The first-order chi connectivity index (χ1) is 13.2. The van der Waals surface area contributed by atoms with E-state index in [-0.39, 0.29) is 0 Å². The summed E-state index contributed by atoms with van der Waals surface area (Å²) >= 11 is 0. The van der Waals surface area contributed by atoms with Crippen molar-refractivity contribution in [2.75, 3.05) is 26.4 Å². The SMILES string of the molecule is CCCn1c(COCC)nc2c(N)nc3ccccc3c21.CN(C)S(N)(=O)=O. The summed E-state index contributed by atoms with van der Waals surface area (Å²) in [6.07, 6.45) is 1.03. The number of rotatable bonds is 6. The predicted octanol–water partition coefficient (Wildman–Crippen LogP) is 1.86. The van der Waals surface area contributed by atoms with Crippen molar-refractivity contribution in [3.63, 3.8) is 0 Å². The molecule has 0 aliphatic carbocycles. The van der Waals surface area contributed by atoms with Crippen LogP contribution in [0.5, 0.6) is 0 Å². The number of nitrogens with zero attached hydrogens (tertiary/aromatic N) is 4. The molecule has 1 aromatic carbocycles. The number of nitrogens with two attached hydrogens (primary N) is 2. The van der Waals surface area contributed by atoms with Crippen molar-refractivity contribution >= 4 is 38.0 Å². The Morgan fingerprint density at radius 3 is 2.39 bits per heavy atom. The molecule has 28 heavy (non-hydrogen) atoms. The fraction of sp³-hybridized carbons (Fsp3) is 0.444. The van der Waals surface area contributed by atoms with Crippen LogP contribution in [0.15, 0.2) is 24.3 Å². The van der Waals surface area contributed by atoms with E-state index in [0.29, 0.717) is 19.0 Å². The summed E-state index contributed by atoms with van der Waals surface area (Å²) in [5.41, 5.74) is 8.85. The van der Waals surface area contributed by atoms with Crippen molar-refractivity contribution in [2.45, 2.75) is 33.4 Å².